The maximum Gasteiger partial charge on any atom is 0.254 e. The third kappa shape index (κ3) is 3.14. The summed E-state index contributed by atoms with van der Waals surface area (Å²) in [6.07, 6.45) is 7.71. The second kappa shape index (κ2) is 7.51. The third-order valence-corrected chi connectivity index (χ3v) is 7.42. The van der Waals surface area contributed by atoms with Crippen LogP contribution in [0.2, 0.25) is 0 Å². The van der Waals surface area contributed by atoms with Gasteiger partial charge in [-0.2, -0.15) is 0 Å². The van der Waals surface area contributed by atoms with E-state index in [-0.39, 0.29) is 23.9 Å². The average Bonchev–Trinajstić information content (AvgIpc) is 3.37. The highest BCUT2D eigenvalue weighted by Crippen LogP contribution is 2.41. The Balaban J connectivity index is 1.39. The lowest BCUT2D eigenvalue weighted by Gasteiger charge is -2.38. The molecule has 4 fully saturated rings. The van der Waals surface area contributed by atoms with E-state index >= 15 is 0 Å². The Morgan fingerprint density at radius 2 is 1.79 bits per heavy atom. The normalized spacial score (nSPS) is 34.8. The molecule has 28 heavy (non-hydrogen) atoms. The first-order chi connectivity index (χ1) is 13.7. The van der Waals surface area contributed by atoms with Crippen LogP contribution in [0, 0.1) is 11.8 Å². The van der Waals surface area contributed by atoms with E-state index in [1.165, 1.54) is 6.42 Å². The molecule has 0 spiro atoms. The first-order valence-corrected chi connectivity index (χ1v) is 11.0. The van der Waals surface area contributed by atoms with Crippen molar-refractivity contribution in [1.29, 1.82) is 0 Å². The van der Waals surface area contributed by atoms with Crippen molar-refractivity contribution in [2.75, 3.05) is 19.7 Å². The number of carbonyl (C=O) groups is 2. The highest BCUT2D eigenvalue weighted by molar-refractivity contribution is 5.98. The molecule has 0 aromatic heterocycles. The zero-order valence-electron chi connectivity index (χ0n) is 16.5. The fourth-order valence-electron chi connectivity index (χ4n) is 5.99. The largest absolute Gasteiger partial charge is 0.378 e. The number of fused-ring (bicyclic) bond motifs is 2. The van der Waals surface area contributed by atoms with Crippen molar-refractivity contribution in [2.45, 2.75) is 63.1 Å². The third-order valence-electron chi connectivity index (χ3n) is 7.42. The SMILES string of the molecule is O=C([C@@H]1C[C@H]2CCCC[C@@H]2N1C(=O)c1ccccc1)N1CC[C@H]2OCC[C@H]2C1. The molecule has 5 nitrogen and oxygen atoms in total. The highest BCUT2D eigenvalue weighted by atomic mass is 16.5. The predicted octanol–water partition coefficient (Wildman–Crippen LogP) is 3.10. The van der Waals surface area contributed by atoms with Gasteiger partial charge in [-0.1, -0.05) is 31.0 Å². The number of piperidine rings is 1. The van der Waals surface area contributed by atoms with Crippen molar-refractivity contribution in [1.82, 2.24) is 9.80 Å². The second-order valence-electron chi connectivity index (χ2n) is 8.97. The Kier molecular flexibility index (Phi) is 4.87. The van der Waals surface area contributed by atoms with Crippen molar-refractivity contribution < 1.29 is 14.3 Å². The maximum atomic E-state index is 13.6. The summed E-state index contributed by atoms with van der Waals surface area (Å²) in [5.74, 6) is 1.15. The van der Waals surface area contributed by atoms with Crippen LogP contribution < -0.4 is 0 Å². The summed E-state index contributed by atoms with van der Waals surface area (Å²) in [4.78, 5) is 31.0. The summed E-state index contributed by atoms with van der Waals surface area (Å²) in [5.41, 5.74) is 0.703. The fourth-order valence-corrected chi connectivity index (χ4v) is 5.99. The van der Waals surface area contributed by atoms with Crippen molar-refractivity contribution in [2.24, 2.45) is 11.8 Å². The smallest absolute Gasteiger partial charge is 0.254 e. The Labute approximate surface area is 167 Å². The number of likely N-dealkylation sites (tertiary alicyclic amines) is 2. The minimum absolute atomic E-state index is 0.0347. The second-order valence-corrected chi connectivity index (χ2v) is 8.97. The van der Waals surface area contributed by atoms with Crippen LogP contribution in [0.5, 0.6) is 0 Å². The Morgan fingerprint density at radius 3 is 2.64 bits per heavy atom. The first kappa shape index (κ1) is 18.2. The summed E-state index contributed by atoms with van der Waals surface area (Å²) in [6.45, 7) is 2.38. The molecule has 4 aliphatic rings. The Bertz CT molecular complexity index is 737. The Hall–Kier alpha value is -1.88. The number of carbonyl (C=O) groups excluding carboxylic acids is 2. The molecule has 2 amide bonds. The molecule has 5 heteroatoms. The van der Waals surface area contributed by atoms with Crippen LogP contribution in [0.3, 0.4) is 0 Å². The summed E-state index contributed by atoms with van der Waals surface area (Å²) in [7, 11) is 0. The lowest BCUT2D eigenvalue weighted by molar-refractivity contribution is -0.138. The van der Waals surface area contributed by atoms with Gasteiger partial charge in [0.15, 0.2) is 0 Å². The van der Waals surface area contributed by atoms with Crippen molar-refractivity contribution in [3.05, 3.63) is 35.9 Å². The van der Waals surface area contributed by atoms with Crippen molar-refractivity contribution in [3.63, 3.8) is 0 Å². The van der Waals surface area contributed by atoms with Gasteiger partial charge in [-0.3, -0.25) is 9.59 Å². The van der Waals surface area contributed by atoms with Gasteiger partial charge < -0.3 is 14.5 Å². The number of ether oxygens (including phenoxy) is 1. The topological polar surface area (TPSA) is 49.9 Å². The van der Waals surface area contributed by atoms with Crippen LogP contribution in [-0.4, -0.2) is 59.5 Å². The summed E-state index contributed by atoms with van der Waals surface area (Å²) >= 11 is 0. The minimum Gasteiger partial charge on any atom is -0.378 e. The van der Waals surface area contributed by atoms with Gasteiger partial charge in [0.05, 0.1) is 6.10 Å². The monoisotopic (exact) mass is 382 g/mol. The molecule has 3 saturated heterocycles. The van der Waals surface area contributed by atoms with Gasteiger partial charge in [0, 0.05) is 37.2 Å². The number of nitrogens with zero attached hydrogens (tertiary/aromatic N) is 2. The number of rotatable bonds is 2. The average molecular weight is 383 g/mol. The molecule has 0 bridgehead atoms. The van der Waals surface area contributed by atoms with Crippen LogP contribution in [-0.2, 0) is 9.53 Å². The summed E-state index contributed by atoms with van der Waals surface area (Å²) in [6, 6.07) is 9.43. The highest BCUT2D eigenvalue weighted by Gasteiger charge is 2.49. The van der Waals surface area contributed by atoms with E-state index in [9.17, 15) is 9.59 Å². The van der Waals surface area contributed by atoms with Gasteiger partial charge in [0.25, 0.3) is 5.91 Å². The standard InChI is InChI=1S/C23H30N2O3/c26-22(16-6-2-1-3-7-16)25-19-9-5-4-8-17(19)14-20(25)23(27)24-12-10-21-18(15-24)11-13-28-21/h1-3,6-7,17-21H,4-5,8-15H2/t17-,18+,19+,20+,21-/m1/s1. The molecule has 1 aromatic carbocycles. The Morgan fingerprint density at radius 1 is 0.964 bits per heavy atom. The van der Waals surface area contributed by atoms with E-state index in [0.717, 1.165) is 58.2 Å². The van der Waals surface area contributed by atoms with Gasteiger partial charge in [-0.05, 0) is 50.2 Å². The molecule has 0 unspecified atom stereocenters. The lowest BCUT2D eigenvalue weighted by Crippen LogP contribution is -2.54. The molecular weight excluding hydrogens is 352 g/mol. The van der Waals surface area contributed by atoms with E-state index in [1.807, 2.05) is 40.1 Å². The molecule has 1 saturated carbocycles. The molecule has 0 radical (unpaired) electrons. The molecule has 150 valence electrons. The van der Waals surface area contributed by atoms with Gasteiger partial charge in [0.1, 0.15) is 6.04 Å². The van der Waals surface area contributed by atoms with Gasteiger partial charge >= 0.3 is 0 Å². The molecule has 3 heterocycles. The number of hydrogen-bond acceptors (Lipinski definition) is 3. The molecule has 1 aromatic rings. The molecule has 0 N–H and O–H groups in total. The van der Waals surface area contributed by atoms with Gasteiger partial charge in [-0.15, -0.1) is 0 Å². The minimum atomic E-state index is -0.292. The maximum absolute atomic E-state index is 13.6. The van der Waals surface area contributed by atoms with Crippen molar-refractivity contribution >= 4 is 11.8 Å². The van der Waals surface area contributed by atoms with Crippen molar-refractivity contribution in [3.8, 4) is 0 Å². The van der Waals surface area contributed by atoms with Gasteiger partial charge in [0.2, 0.25) is 5.91 Å². The fraction of sp³-hybridized carbons (Fsp3) is 0.652. The molecule has 3 aliphatic heterocycles. The number of hydrogen-bond donors (Lipinski definition) is 0. The zero-order valence-corrected chi connectivity index (χ0v) is 16.5. The molecule has 5 rings (SSSR count). The lowest BCUT2D eigenvalue weighted by atomic mass is 9.84. The van der Waals surface area contributed by atoms with E-state index in [2.05, 4.69) is 0 Å². The molecule has 5 atom stereocenters. The number of benzene rings is 1. The molecule has 1 aliphatic carbocycles. The van der Waals surface area contributed by atoms with E-state index in [4.69, 9.17) is 4.74 Å². The van der Waals surface area contributed by atoms with Crippen LogP contribution in [0.1, 0.15) is 55.3 Å². The van der Waals surface area contributed by atoms with E-state index in [1.54, 1.807) is 0 Å². The number of amides is 2. The van der Waals surface area contributed by atoms with E-state index in [0.29, 0.717) is 23.5 Å². The van der Waals surface area contributed by atoms with E-state index < -0.39 is 0 Å². The predicted molar refractivity (Wildman–Crippen MR) is 106 cm³/mol. The zero-order chi connectivity index (χ0) is 19.1. The molecular formula is C23H30N2O3. The van der Waals surface area contributed by atoms with Crippen LogP contribution in [0.15, 0.2) is 30.3 Å². The quantitative estimate of drug-likeness (QED) is 0.790. The summed E-state index contributed by atoms with van der Waals surface area (Å²) < 4.78 is 5.80. The van der Waals surface area contributed by atoms with Crippen LogP contribution >= 0.6 is 0 Å². The van der Waals surface area contributed by atoms with Crippen LogP contribution in [0.4, 0.5) is 0 Å². The summed E-state index contributed by atoms with van der Waals surface area (Å²) in [5, 5.41) is 0. The van der Waals surface area contributed by atoms with Gasteiger partial charge in [-0.25, -0.2) is 0 Å². The first-order valence-electron chi connectivity index (χ1n) is 11.0. The van der Waals surface area contributed by atoms with Crippen LogP contribution in [0.25, 0.3) is 0 Å².